The van der Waals surface area contributed by atoms with Gasteiger partial charge in [0, 0.05) is 12.3 Å². The molecule has 110 valence electrons. The molecule has 0 bridgehead atoms. The predicted octanol–water partition coefficient (Wildman–Crippen LogP) is 2.99. The number of halogens is 3. The summed E-state index contributed by atoms with van der Waals surface area (Å²) in [7, 11) is 0. The predicted molar refractivity (Wildman–Crippen MR) is 65.9 cm³/mol. The Morgan fingerprint density at radius 2 is 2.15 bits per heavy atom. The summed E-state index contributed by atoms with van der Waals surface area (Å²) in [4.78, 5) is 11.1. The second-order valence-corrected chi connectivity index (χ2v) is 5.05. The maximum Gasteiger partial charge on any atom is 0.416 e. The van der Waals surface area contributed by atoms with Crippen molar-refractivity contribution in [3.63, 3.8) is 0 Å². The van der Waals surface area contributed by atoms with Crippen LogP contribution in [0, 0.1) is 0 Å². The molecule has 1 fully saturated rings. The van der Waals surface area contributed by atoms with E-state index in [0.717, 1.165) is 12.1 Å². The van der Waals surface area contributed by atoms with E-state index in [1.807, 2.05) is 6.92 Å². The van der Waals surface area contributed by atoms with E-state index >= 15 is 0 Å². The monoisotopic (exact) mass is 289 g/mol. The topological polar surface area (TPSA) is 58.6 Å². The fourth-order valence-electron chi connectivity index (χ4n) is 2.10. The largest absolute Gasteiger partial charge is 0.478 e. The highest BCUT2D eigenvalue weighted by atomic mass is 19.4. The Labute approximate surface area is 113 Å². The van der Waals surface area contributed by atoms with Crippen molar-refractivity contribution in [1.29, 1.82) is 0 Å². The zero-order valence-electron chi connectivity index (χ0n) is 10.8. The molecule has 1 saturated heterocycles. The highest BCUT2D eigenvalue weighted by Crippen LogP contribution is 2.33. The molecule has 0 aromatic heterocycles. The van der Waals surface area contributed by atoms with Gasteiger partial charge in [-0.1, -0.05) is 0 Å². The van der Waals surface area contributed by atoms with Gasteiger partial charge in [-0.3, -0.25) is 0 Å². The summed E-state index contributed by atoms with van der Waals surface area (Å²) in [5.41, 5.74) is -1.68. The zero-order valence-corrected chi connectivity index (χ0v) is 10.8. The lowest BCUT2D eigenvalue weighted by atomic mass is 9.99. The smallest absolute Gasteiger partial charge is 0.416 e. The maximum absolute atomic E-state index is 12.6. The van der Waals surface area contributed by atoms with Crippen molar-refractivity contribution in [2.75, 3.05) is 18.5 Å². The van der Waals surface area contributed by atoms with Gasteiger partial charge in [0.05, 0.1) is 23.3 Å². The van der Waals surface area contributed by atoms with Gasteiger partial charge in [0.1, 0.15) is 0 Å². The van der Waals surface area contributed by atoms with Gasteiger partial charge in [0.15, 0.2) is 0 Å². The van der Waals surface area contributed by atoms with Gasteiger partial charge in [-0.05, 0) is 31.5 Å². The van der Waals surface area contributed by atoms with E-state index in [-0.39, 0.29) is 5.69 Å². The molecule has 0 aliphatic carbocycles. The number of benzene rings is 1. The van der Waals surface area contributed by atoms with Gasteiger partial charge >= 0.3 is 12.1 Å². The van der Waals surface area contributed by atoms with Gasteiger partial charge in [-0.2, -0.15) is 13.2 Å². The van der Waals surface area contributed by atoms with Crippen LogP contribution in [0.4, 0.5) is 18.9 Å². The van der Waals surface area contributed by atoms with Crippen molar-refractivity contribution < 1.29 is 27.8 Å². The summed E-state index contributed by atoms with van der Waals surface area (Å²) < 4.78 is 43.1. The molecule has 0 spiro atoms. The van der Waals surface area contributed by atoms with E-state index in [4.69, 9.17) is 9.84 Å². The number of hydrogen-bond acceptors (Lipinski definition) is 3. The van der Waals surface area contributed by atoms with E-state index in [9.17, 15) is 18.0 Å². The van der Waals surface area contributed by atoms with Gasteiger partial charge in [-0.15, -0.1) is 0 Å². The van der Waals surface area contributed by atoms with Crippen molar-refractivity contribution >= 4 is 11.7 Å². The minimum atomic E-state index is -4.57. The third-order valence-corrected chi connectivity index (χ3v) is 3.23. The van der Waals surface area contributed by atoms with E-state index in [0.29, 0.717) is 25.7 Å². The van der Waals surface area contributed by atoms with Gasteiger partial charge in [0.2, 0.25) is 0 Å². The first-order valence-corrected chi connectivity index (χ1v) is 6.02. The molecule has 1 unspecified atom stereocenters. The molecule has 1 heterocycles. The molecule has 2 N–H and O–H groups in total. The molecule has 20 heavy (non-hydrogen) atoms. The minimum absolute atomic E-state index is 0.165. The normalized spacial score (nSPS) is 22.8. The number of alkyl halides is 3. The summed E-state index contributed by atoms with van der Waals surface area (Å²) in [6, 6.07) is 2.66. The Hall–Kier alpha value is -1.76. The number of carboxylic acids is 1. The number of rotatable bonds is 3. The first kappa shape index (κ1) is 14.6. The van der Waals surface area contributed by atoms with Crippen molar-refractivity contribution in [2.24, 2.45) is 0 Å². The van der Waals surface area contributed by atoms with Crippen LogP contribution in [-0.2, 0) is 10.9 Å². The lowest BCUT2D eigenvalue weighted by Gasteiger charge is -2.26. The lowest BCUT2D eigenvalue weighted by Crippen LogP contribution is -2.35. The molecule has 7 heteroatoms. The summed E-state index contributed by atoms with van der Waals surface area (Å²) in [5, 5.41) is 12.0. The van der Waals surface area contributed by atoms with Gasteiger partial charge < -0.3 is 15.2 Å². The van der Waals surface area contributed by atoms with Crippen LogP contribution < -0.4 is 5.32 Å². The van der Waals surface area contributed by atoms with Crippen LogP contribution in [0.15, 0.2) is 18.2 Å². The SMILES string of the molecule is CC1(Nc2ccc(C(F)(F)F)cc2C(=O)O)CCOC1. The van der Waals surface area contributed by atoms with Gasteiger partial charge in [-0.25, -0.2) is 4.79 Å². The second-order valence-electron chi connectivity index (χ2n) is 5.05. The number of anilines is 1. The van der Waals surface area contributed by atoms with Crippen LogP contribution in [0.2, 0.25) is 0 Å². The summed E-state index contributed by atoms with van der Waals surface area (Å²) in [5.74, 6) is -1.40. The zero-order chi connectivity index (χ0) is 15.0. The van der Waals surface area contributed by atoms with Crippen LogP contribution in [0.25, 0.3) is 0 Å². The number of hydrogen-bond donors (Lipinski definition) is 2. The first-order chi connectivity index (χ1) is 9.21. The standard InChI is InChI=1S/C13H14F3NO3/c1-12(4-5-20-7-12)17-10-3-2-8(13(14,15)16)6-9(10)11(18)19/h2-3,6,17H,4-5,7H2,1H3,(H,18,19). The molecule has 1 aliphatic heterocycles. The van der Waals surface area contributed by atoms with Crippen molar-refractivity contribution in [2.45, 2.75) is 25.1 Å². The summed E-state index contributed by atoms with van der Waals surface area (Å²) in [6.07, 6.45) is -3.91. The molecular formula is C13H14F3NO3. The highest BCUT2D eigenvalue weighted by molar-refractivity contribution is 5.94. The highest BCUT2D eigenvalue weighted by Gasteiger charge is 2.34. The molecule has 1 atom stereocenters. The Kier molecular flexibility index (Phi) is 3.64. The molecule has 4 nitrogen and oxygen atoms in total. The number of carboxylic acid groups (broad SMARTS) is 1. The van der Waals surface area contributed by atoms with Crippen LogP contribution in [0.3, 0.4) is 0 Å². The average molecular weight is 289 g/mol. The summed E-state index contributed by atoms with van der Waals surface area (Å²) in [6.45, 7) is 2.75. The molecule has 0 radical (unpaired) electrons. The van der Waals surface area contributed by atoms with E-state index in [1.165, 1.54) is 0 Å². The van der Waals surface area contributed by atoms with Gasteiger partial charge in [0.25, 0.3) is 0 Å². The fourth-order valence-corrected chi connectivity index (χ4v) is 2.10. The molecule has 0 amide bonds. The Morgan fingerprint density at radius 1 is 1.45 bits per heavy atom. The van der Waals surface area contributed by atoms with Crippen molar-refractivity contribution in [1.82, 2.24) is 0 Å². The van der Waals surface area contributed by atoms with Crippen molar-refractivity contribution in [3.05, 3.63) is 29.3 Å². The van der Waals surface area contributed by atoms with E-state index < -0.39 is 28.8 Å². The average Bonchev–Trinajstić information content (AvgIpc) is 2.74. The molecule has 1 aliphatic rings. The van der Waals surface area contributed by atoms with Crippen LogP contribution >= 0.6 is 0 Å². The minimum Gasteiger partial charge on any atom is -0.478 e. The Morgan fingerprint density at radius 3 is 2.65 bits per heavy atom. The molecule has 0 saturated carbocycles. The van der Waals surface area contributed by atoms with E-state index in [2.05, 4.69) is 5.32 Å². The molecule has 1 aromatic rings. The number of carbonyl (C=O) groups is 1. The number of aromatic carboxylic acids is 1. The van der Waals surface area contributed by atoms with Crippen LogP contribution in [0.1, 0.15) is 29.3 Å². The van der Waals surface area contributed by atoms with Crippen molar-refractivity contribution in [3.8, 4) is 0 Å². The third kappa shape index (κ3) is 3.04. The van der Waals surface area contributed by atoms with Crippen LogP contribution in [-0.4, -0.2) is 29.8 Å². The Balaban J connectivity index is 2.35. The van der Waals surface area contributed by atoms with Crippen LogP contribution in [0.5, 0.6) is 0 Å². The molecule has 2 rings (SSSR count). The number of nitrogens with one attached hydrogen (secondary N) is 1. The number of ether oxygens (including phenoxy) is 1. The second kappa shape index (κ2) is 4.97. The maximum atomic E-state index is 12.6. The molecule has 1 aromatic carbocycles. The summed E-state index contributed by atoms with van der Waals surface area (Å²) >= 11 is 0. The fraction of sp³-hybridized carbons (Fsp3) is 0.462. The van der Waals surface area contributed by atoms with E-state index in [1.54, 1.807) is 0 Å². The third-order valence-electron chi connectivity index (χ3n) is 3.23. The molecular weight excluding hydrogens is 275 g/mol. The first-order valence-electron chi connectivity index (χ1n) is 6.02. The quantitative estimate of drug-likeness (QED) is 0.898. The lowest BCUT2D eigenvalue weighted by molar-refractivity contribution is -0.137. The Bertz CT molecular complexity index is 522.